The van der Waals surface area contributed by atoms with E-state index in [1.165, 1.54) is 39.7 Å². The van der Waals surface area contributed by atoms with Crippen LogP contribution in [0.3, 0.4) is 0 Å². The number of nitrogens with zero attached hydrogens (tertiary/aromatic N) is 5. The monoisotopic (exact) mass is 434 g/mol. The minimum Gasteiger partial charge on any atom is -0.506 e. The van der Waals surface area contributed by atoms with Crippen LogP contribution < -0.4 is 10.9 Å². The average molecular weight is 434 g/mol. The third kappa shape index (κ3) is 3.91. The SMILES string of the molecule is CCN(CC)S(=O)(=O)c1ccc(O)c(NC(=O)Cn2cnc3c(cnn3C)c2=O)c1. The van der Waals surface area contributed by atoms with Crippen LogP contribution in [0, 0.1) is 0 Å². The number of fused-ring (bicyclic) bond motifs is 1. The highest BCUT2D eigenvalue weighted by Gasteiger charge is 2.23. The number of phenolic OH excluding ortho intramolecular Hbond substituents is 1. The zero-order valence-corrected chi connectivity index (χ0v) is 17.5. The molecule has 0 spiro atoms. The minimum atomic E-state index is -3.77. The van der Waals surface area contributed by atoms with Crippen LogP contribution >= 0.6 is 0 Å². The lowest BCUT2D eigenvalue weighted by molar-refractivity contribution is -0.116. The van der Waals surface area contributed by atoms with E-state index in [9.17, 15) is 23.1 Å². The first-order valence-corrected chi connectivity index (χ1v) is 10.6. The van der Waals surface area contributed by atoms with Crippen molar-refractivity contribution in [2.45, 2.75) is 25.3 Å². The second kappa shape index (κ2) is 8.24. The zero-order chi connectivity index (χ0) is 22.1. The van der Waals surface area contributed by atoms with Crippen LogP contribution in [0.2, 0.25) is 0 Å². The van der Waals surface area contributed by atoms with E-state index in [2.05, 4.69) is 15.4 Å². The molecule has 0 aliphatic rings. The summed E-state index contributed by atoms with van der Waals surface area (Å²) in [7, 11) is -2.12. The molecule has 3 rings (SSSR count). The third-order valence-corrected chi connectivity index (χ3v) is 6.66. The molecule has 12 heteroatoms. The molecule has 160 valence electrons. The molecule has 0 bridgehead atoms. The van der Waals surface area contributed by atoms with Gasteiger partial charge in [-0.1, -0.05) is 13.8 Å². The summed E-state index contributed by atoms with van der Waals surface area (Å²) in [6.07, 6.45) is 2.60. The Balaban J connectivity index is 1.85. The number of carbonyl (C=O) groups is 1. The van der Waals surface area contributed by atoms with Crippen molar-refractivity contribution in [1.82, 2.24) is 23.6 Å². The predicted molar refractivity (Wildman–Crippen MR) is 110 cm³/mol. The zero-order valence-electron chi connectivity index (χ0n) is 16.7. The van der Waals surface area contributed by atoms with Gasteiger partial charge in [0.1, 0.15) is 24.0 Å². The van der Waals surface area contributed by atoms with E-state index >= 15 is 0 Å². The van der Waals surface area contributed by atoms with Gasteiger partial charge in [-0.05, 0) is 18.2 Å². The molecule has 0 saturated heterocycles. The van der Waals surface area contributed by atoms with Gasteiger partial charge in [-0.3, -0.25) is 18.8 Å². The Morgan fingerprint density at radius 1 is 1.27 bits per heavy atom. The van der Waals surface area contributed by atoms with Gasteiger partial charge in [-0.2, -0.15) is 9.40 Å². The molecule has 11 nitrogen and oxygen atoms in total. The van der Waals surface area contributed by atoms with E-state index in [1.54, 1.807) is 20.9 Å². The molecule has 3 aromatic rings. The lowest BCUT2D eigenvalue weighted by Crippen LogP contribution is -2.31. The van der Waals surface area contributed by atoms with Gasteiger partial charge in [-0.15, -0.1) is 0 Å². The van der Waals surface area contributed by atoms with Crippen molar-refractivity contribution >= 4 is 32.7 Å². The summed E-state index contributed by atoms with van der Waals surface area (Å²) in [5.74, 6) is -0.926. The van der Waals surface area contributed by atoms with Gasteiger partial charge >= 0.3 is 0 Å². The van der Waals surface area contributed by atoms with E-state index in [1.807, 2.05) is 0 Å². The summed E-state index contributed by atoms with van der Waals surface area (Å²) < 4.78 is 29.2. The van der Waals surface area contributed by atoms with E-state index in [0.717, 1.165) is 4.57 Å². The first-order valence-electron chi connectivity index (χ1n) is 9.19. The van der Waals surface area contributed by atoms with Crippen molar-refractivity contribution in [2.75, 3.05) is 18.4 Å². The molecule has 30 heavy (non-hydrogen) atoms. The lowest BCUT2D eigenvalue weighted by atomic mass is 10.3. The smallest absolute Gasteiger partial charge is 0.264 e. The maximum atomic E-state index is 12.7. The standard InChI is InChI=1S/C18H22N6O5S/c1-4-24(5-2)30(28,29)12-6-7-15(25)14(8-12)21-16(26)10-23-11-19-17-13(18(23)27)9-20-22(17)3/h6-9,11,25H,4-5,10H2,1-3H3,(H,21,26). The molecule has 0 aliphatic carbocycles. The molecule has 2 N–H and O–H groups in total. The van der Waals surface area contributed by atoms with Crippen molar-refractivity contribution in [1.29, 1.82) is 0 Å². The number of sulfonamides is 1. The Morgan fingerprint density at radius 3 is 2.63 bits per heavy atom. The fourth-order valence-corrected chi connectivity index (χ4v) is 4.50. The number of nitrogens with one attached hydrogen (secondary N) is 1. The maximum Gasteiger partial charge on any atom is 0.264 e. The summed E-state index contributed by atoms with van der Waals surface area (Å²) in [5, 5.41) is 16.7. The molecular formula is C18H22N6O5S. The van der Waals surface area contributed by atoms with E-state index in [4.69, 9.17) is 0 Å². The van der Waals surface area contributed by atoms with E-state index < -0.39 is 21.5 Å². The Morgan fingerprint density at radius 2 is 1.97 bits per heavy atom. The number of phenols is 1. The Labute approximate surface area is 172 Å². The van der Waals surface area contributed by atoms with E-state index in [-0.39, 0.29) is 41.4 Å². The second-order valence-corrected chi connectivity index (χ2v) is 8.44. The van der Waals surface area contributed by atoms with Crippen LogP contribution in [0.4, 0.5) is 5.69 Å². The molecule has 2 aromatic heterocycles. The van der Waals surface area contributed by atoms with Gasteiger partial charge in [0.15, 0.2) is 5.65 Å². The first-order chi connectivity index (χ1) is 14.2. The van der Waals surface area contributed by atoms with Crippen molar-refractivity contribution in [3.05, 3.63) is 41.1 Å². The van der Waals surface area contributed by atoms with Crippen LogP contribution in [0.15, 0.2) is 40.4 Å². The molecule has 0 atom stereocenters. The Kier molecular flexibility index (Phi) is 5.89. The van der Waals surface area contributed by atoms with Crippen molar-refractivity contribution < 1.29 is 18.3 Å². The molecule has 0 saturated carbocycles. The predicted octanol–water partition coefficient (Wildman–Crippen LogP) is 0.505. The van der Waals surface area contributed by atoms with Crippen LogP contribution in [-0.4, -0.2) is 56.2 Å². The van der Waals surface area contributed by atoms with Crippen LogP contribution in [0.1, 0.15) is 13.8 Å². The van der Waals surface area contributed by atoms with Crippen LogP contribution in [0.5, 0.6) is 5.75 Å². The number of aromatic hydroxyl groups is 1. The summed E-state index contributed by atoms with van der Waals surface area (Å²) in [6, 6.07) is 3.65. The number of aromatic nitrogens is 4. The van der Waals surface area contributed by atoms with Gasteiger partial charge in [0.25, 0.3) is 5.56 Å². The molecule has 0 aliphatic heterocycles. The largest absolute Gasteiger partial charge is 0.506 e. The van der Waals surface area contributed by atoms with Crippen LogP contribution in [-0.2, 0) is 28.4 Å². The highest BCUT2D eigenvalue weighted by molar-refractivity contribution is 7.89. The average Bonchev–Trinajstić information content (AvgIpc) is 3.08. The van der Waals surface area contributed by atoms with Gasteiger partial charge in [-0.25, -0.2) is 13.4 Å². The topological polar surface area (TPSA) is 139 Å². The summed E-state index contributed by atoms with van der Waals surface area (Å²) in [4.78, 5) is 29.0. The van der Waals surface area contributed by atoms with Gasteiger partial charge in [0.05, 0.1) is 16.8 Å². The number of hydrogen-bond donors (Lipinski definition) is 2. The maximum absolute atomic E-state index is 12.7. The number of aryl methyl sites for hydroxylation is 1. The normalized spacial score (nSPS) is 11.9. The molecule has 2 heterocycles. The van der Waals surface area contributed by atoms with Crippen molar-refractivity contribution in [2.24, 2.45) is 7.05 Å². The quantitative estimate of drug-likeness (QED) is 0.516. The number of benzene rings is 1. The molecular weight excluding hydrogens is 412 g/mol. The van der Waals surface area contributed by atoms with Crippen molar-refractivity contribution in [3.8, 4) is 5.75 Å². The number of carbonyl (C=O) groups excluding carboxylic acids is 1. The van der Waals surface area contributed by atoms with Gasteiger partial charge in [0.2, 0.25) is 15.9 Å². The molecule has 0 unspecified atom stereocenters. The number of rotatable bonds is 7. The number of hydrogen-bond acceptors (Lipinski definition) is 7. The lowest BCUT2D eigenvalue weighted by Gasteiger charge is -2.19. The highest BCUT2D eigenvalue weighted by atomic mass is 32.2. The molecule has 0 radical (unpaired) electrons. The Bertz CT molecular complexity index is 1260. The van der Waals surface area contributed by atoms with Crippen molar-refractivity contribution in [3.63, 3.8) is 0 Å². The fraction of sp³-hybridized carbons (Fsp3) is 0.333. The summed E-state index contributed by atoms with van der Waals surface area (Å²) in [6.45, 7) is 3.63. The molecule has 0 fully saturated rings. The highest BCUT2D eigenvalue weighted by Crippen LogP contribution is 2.28. The van der Waals surface area contributed by atoms with Gasteiger partial charge in [0, 0.05) is 20.1 Å². The van der Waals surface area contributed by atoms with Gasteiger partial charge < -0.3 is 10.4 Å². The first kappa shape index (κ1) is 21.5. The number of anilines is 1. The Hall–Kier alpha value is -3.25. The van der Waals surface area contributed by atoms with E-state index in [0.29, 0.717) is 5.65 Å². The summed E-state index contributed by atoms with van der Waals surface area (Å²) in [5.41, 5.74) is -0.120. The molecule has 1 amide bonds. The molecule has 1 aromatic carbocycles. The summed E-state index contributed by atoms with van der Waals surface area (Å²) >= 11 is 0. The second-order valence-electron chi connectivity index (χ2n) is 6.50. The fourth-order valence-electron chi connectivity index (χ4n) is 3.01. The third-order valence-electron chi connectivity index (χ3n) is 4.62. The van der Waals surface area contributed by atoms with Crippen LogP contribution in [0.25, 0.3) is 11.0 Å². The minimum absolute atomic E-state index is 0.0603. The number of amides is 1.